The molecule has 0 spiro atoms. The first-order valence-electron chi connectivity index (χ1n) is 12.6. The van der Waals surface area contributed by atoms with E-state index in [1.54, 1.807) is 18.2 Å². The van der Waals surface area contributed by atoms with E-state index in [1.165, 1.54) is 12.1 Å². The van der Waals surface area contributed by atoms with Crippen molar-refractivity contribution in [1.29, 1.82) is 5.26 Å². The summed E-state index contributed by atoms with van der Waals surface area (Å²) in [6.07, 6.45) is 5.70. The Labute approximate surface area is 211 Å². The molecule has 0 N–H and O–H groups in total. The van der Waals surface area contributed by atoms with Gasteiger partial charge in [-0.05, 0) is 90.4 Å². The summed E-state index contributed by atoms with van der Waals surface area (Å²) in [6, 6.07) is 21.6. The number of hydrogen-bond donors (Lipinski definition) is 0. The molecule has 184 valence electrons. The minimum Gasteiger partial charge on any atom is -0.207 e. The Hall–Kier alpha value is -3.58. The average Bonchev–Trinajstić information content (AvgIpc) is 2.88. The summed E-state index contributed by atoms with van der Waals surface area (Å²) < 4.78 is 44.4. The van der Waals surface area contributed by atoms with E-state index in [4.69, 9.17) is 5.26 Å². The van der Waals surface area contributed by atoms with Gasteiger partial charge >= 0.3 is 0 Å². The lowest BCUT2D eigenvalue weighted by atomic mass is 9.96. The second-order valence-electron chi connectivity index (χ2n) is 9.40. The summed E-state index contributed by atoms with van der Waals surface area (Å²) in [7, 11) is 0. The molecule has 0 fully saturated rings. The molecule has 0 aliphatic carbocycles. The Morgan fingerprint density at radius 2 is 1.36 bits per heavy atom. The van der Waals surface area contributed by atoms with Crippen molar-refractivity contribution in [3.8, 4) is 6.07 Å². The van der Waals surface area contributed by atoms with Gasteiger partial charge in [0.1, 0.15) is 17.5 Å². The van der Waals surface area contributed by atoms with Gasteiger partial charge in [-0.2, -0.15) is 5.26 Å². The zero-order chi connectivity index (χ0) is 25.5. The van der Waals surface area contributed by atoms with Crippen LogP contribution in [0.4, 0.5) is 13.2 Å². The lowest BCUT2D eigenvalue weighted by Gasteiger charge is -2.11. The van der Waals surface area contributed by atoms with E-state index in [2.05, 4.69) is 13.0 Å². The Bertz CT molecular complexity index is 1360. The molecule has 0 saturated heterocycles. The van der Waals surface area contributed by atoms with E-state index in [-0.39, 0.29) is 17.8 Å². The molecule has 0 saturated carbocycles. The van der Waals surface area contributed by atoms with Crippen LogP contribution in [0.1, 0.15) is 59.6 Å². The first-order valence-corrected chi connectivity index (χ1v) is 12.6. The maximum Gasteiger partial charge on any atom is 0.134 e. The van der Waals surface area contributed by atoms with Crippen molar-refractivity contribution in [3.63, 3.8) is 0 Å². The fourth-order valence-electron chi connectivity index (χ4n) is 4.65. The first-order chi connectivity index (χ1) is 17.5. The second-order valence-corrected chi connectivity index (χ2v) is 9.40. The van der Waals surface area contributed by atoms with Crippen molar-refractivity contribution < 1.29 is 13.2 Å². The fraction of sp³-hybridized carbons (Fsp3) is 0.281. The molecule has 1 nitrogen and oxygen atoms in total. The van der Waals surface area contributed by atoms with Crippen LogP contribution >= 0.6 is 0 Å². The largest absolute Gasteiger partial charge is 0.207 e. The van der Waals surface area contributed by atoms with Crippen LogP contribution in [-0.4, -0.2) is 0 Å². The van der Waals surface area contributed by atoms with Crippen LogP contribution in [0.15, 0.2) is 66.7 Å². The first kappa shape index (κ1) is 25.5. The Morgan fingerprint density at radius 1 is 0.667 bits per heavy atom. The number of halogens is 3. The zero-order valence-electron chi connectivity index (χ0n) is 20.6. The van der Waals surface area contributed by atoms with Gasteiger partial charge in [0.25, 0.3) is 0 Å². The maximum absolute atomic E-state index is 15.2. The summed E-state index contributed by atoms with van der Waals surface area (Å²) >= 11 is 0. The van der Waals surface area contributed by atoms with Gasteiger partial charge in [0.05, 0.1) is 11.6 Å². The van der Waals surface area contributed by atoms with Gasteiger partial charge in [-0.15, -0.1) is 0 Å². The number of rotatable bonds is 10. The third-order valence-electron chi connectivity index (χ3n) is 6.80. The molecule has 0 bridgehead atoms. The molecule has 0 radical (unpaired) electrons. The molecule has 0 atom stereocenters. The Balaban J connectivity index is 1.43. The Morgan fingerprint density at radius 3 is 2.06 bits per heavy atom. The molecule has 4 aromatic rings. The third kappa shape index (κ3) is 6.15. The van der Waals surface area contributed by atoms with E-state index >= 15 is 4.39 Å². The topological polar surface area (TPSA) is 23.8 Å². The summed E-state index contributed by atoms with van der Waals surface area (Å²) in [5.74, 6) is -1.20. The molecule has 36 heavy (non-hydrogen) atoms. The average molecular weight is 486 g/mol. The highest BCUT2D eigenvalue weighted by atomic mass is 19.1. The van der Waals surface area contributed by atoms with Crippen LogP contribution < -0.4 is 0 Å². The standard InChI is InChI=1S/C32H30F3N/c1-2-3-4-5-25-19-30(33)29(31(34)20-25)17-12-23-11-16-28-27(18-23)15-14-26(32(28)35)13-10-22-6-8-24(21-36)9-7-22/h6-9,11,14-16,18-20H,2-5,10,12-13,17H2,1H3. The normalized spacial score (nSPS) is 11.1. The number of hydrogen-bond acceptors (Lipinski definition) is 1. The second kappa shape index (κ2) is 11.9. The van der Waals surface area contributed by atoms with Crippen molar-refractivity contribution in [1.82, 2.24) is 0 Å². The number of nitrogens with zero attached hydrogens (tertiary/aromatic N) is 1. The zero-order valence-corrected chi connectivity index (χ0v) is 20.6. The maximum atomic E-state index is 15.2. The lowest BCUT2D eigenvalue weighted by Crippen LogP contribution is -2.01. The highest BCUT2D eigenvalue weighted by molar-refractivity contribution is 5.84. The SMILES string of the molecule is CCCCCc1cc(F)c(CCc2ccc3c(F)c(CCc4ccc(C#N)cc4)ccc3c2)c(F)c1. The molecular formula is C32H30F3N. The van der Waals surface area contributed by atoms with Crippen molar-refractivity contribution in [2.45, 2.75) is 58.3 Å². The van der Waals surface area contributed by atoms with E-state index < -0.39 is 11.6 Å². The third-order valence-corrected chi connectivity index (χ3v) is 6.80. The molecule has 0 amide bonds. The fourth-order valence-corrected chi connectivity index (χ4v) is 4.65. The minimum absolute atomic E-state index is 0.110. The van der Waals surface area contributed by atoms with Crippen molar-refractivity contribution in [2.24, 2.45) is 0 Å². The van der Waals surface area contributed by atoms with Gasteiger partial charge in [0.15, 0.2) is 0 Å². The minimum atomic E-state index is -0.486. The van der Waals surface area contributed by atoms with E-state index in [9.17, 15) is 8.78 Å². The highest BCUT2D eigenvalue weighted by Crippen LogP contribution is 2.25. The predicted octanol–water partition coefficient (Wildman–Crippen LogP) is 8.43. The van der Waals surface area contributed by atoms with Crippen LogP contribution in [0.5, 0.6) is 0 Å². The van der Waals surface area contributed by atoms with Gasteiger partial charge in [0, 0.05) is 10.9 Å². The highest BCUT2D eigenvalue weighted by Gasteiger charge is 2.13. The smallest absolute Gasteiger partial charge is 0.134 e. The van der Waals surface area contributed by atoms with Gasteiger partial charge < -0.3 is 0 Å². The number of nitriles is 1. The van der Waals surface area contributed by atoms with E-state index in [0.29, 0.717) is 47.8 Å². The molecule has 4 aromatic carbocycles. The summed E-state index contributed by atoms with van der Waals surface area (Å²) in [5, 5.41) is 10.2. The Kier molecular flexibility index (Phi) is 8.44. The van der Waals surface area contributed by atoms with Crippen molar-refractivity contribution in [3.05, 3.63) is 118 Å². The van der Waals surface area contributed by atoms with Gasteiger partial charge in [-0.3, -0.25) is 0 Å². The van der Waals surface area contributed by atoms with Crippen molar-refractivity contribution >= 4 is 10.8 Å². The van der Waals surface area contributed by atoms with Crippen LogP contribution in [0, 0.1) is 28.8 Å². The number of unbranched alkanes of at least 4 members (excludes halogenated alkanes) is 2. The van der Waals surface area contributed by atoms with Crippen molar-refractivity contribution in [2.75, 3.05) is 0 Å². The van der Waals surface area contributed by atoms with E-state index in [0.717, 1.165) is 35.8 Å². The molecule has 0 unspecified atom stereocenters. The monoisotopic (exact) mass is 485 g/mol. The molecule has 4 heteroatoms. The quantitative estimate of drug-likeness (QED) is 0.207. The van der Waals surface area contributed by atoms with Gasteiger partial charge in [-0.1, -0.05) is 62.2 Å². The van der Waals surface area contributed by atoms with Crippen LogP contribution in [-0.2, 0) is 32.1 Å². The molecule has 0 heterocycles. The molecular weight excluding hydrogens is 455 g/mol. The molecule has 0 aromatic heterocycles. The summed E-state index contributed by atoms with van der Waals surface area (Å²) in [6.45, 7) is 2.10. The number of benzene rings is 4. The van der Waals surface area contributed by atoms with Gasteiger partial charge in [0.2, 0.25) is 0 Å². The molecule has 0 aliphatic rings. The van der Waals surface area contributed by atoms with Crippen LogP contribution in [0.2, 0.25) is 0 Å². The van der Waals surface area contributed by atoms with E-state index in [1.807, 2.05) is 36.4 Å². The number of aryl methyl sites for hydroxylation is 4. The molecule has 0 aliphatic heterocycles. The van der Waals surface area contributed by atoms with Crippen LogP contribution in [0.25, 0.3) is 10.8 Å². The summed E-state index contributed by atoms with van der Waals surface area (Å²) in [4.78, 5) is 0. The number of fused-ring (bicyclic) bond motifs is 1. The lowest BCUT2D eigenvalue weighted by molar-refractivity contribution is 0.550. The molecule has 4 rings (SSSR count). The predicted molar refractivity (Wildman–Crippen MR) is 139 cm³/mol. The van der Waals surface area contributed by atoms with Crippen LogP contribution in [0.3, 0.4) is 0 Å². The van der Waals surface area contributed by atoms with Gasteiger partial charge in [-0.25, -0.2) is 13.2 Å². The summed E-state index contributed by atoms with van der Waals surface area (Å²) in [5.41, 5.74) is 4.03.